The molecule has 1 heterocycles. The lowest BCUT2D eigenvalue weighted by Crippen LogP contribution is -1.95. The highest BCUT2D eigenvalue weighted by Gasteiger charge is 2.17. The molecule has 2 aromatic rings. The highest BCUT2D eigenvalue weighted by atomic mass is 79.9. The molecule has 0 aliphatic rings. The molecule has 0 amide bonds. The van der Waals surface area contributed by atoms with Crippen LogP contribution in [-0.2, 0) is 0 Å². The van der Waals surface area contributed by atoms with E-state index >= 15 is 0 Å². The average Bonchev–Trinajstić information content (AvgIpc) is 2.36. The average molecular weight is 344 g/mol. The summed E-state index contributed by atoms with van der Waals surface area (Å²) < 4.78 is 6.27. The molecule has 2 rings (SSSR count). The van der Waals surface area contributed by atoms with Crippen molar-refractivity contribution in [2.75, 3.05) is 0 Å². The maximum absolute atomic E-state index is 10.9. The van der Waals surface area contributed by atoms with Gasteiger partial charge < -0.3 is 4.74 Å². The van der Waals surface area contributed by atoms with Crippen molar-refractivity contribution in [2.45, 2.75) is 6.92 Å². The van der Waals surface area contributed by atoms with E-state index in [4.69, 9.17) is 16.3 Å². The summed E-state index contributed by atoms with van der Waals surface area (Å²) in [6.07, 6.45) is 0. The molecule has 0 aliphatic carbocycles. The van der Waals surface area contributed by atoms with E-state index in [1.807, 2.05) is 0 Å². The van der Waals surface area contributed by atoms with Gasteiger partial charge in [0.2, 0.25) is 11.6 Å². The lowest BCUT2D eigenvalue weighted by atomic mass is 10.3. The molecule has 0 unspecified atom stereocenters. The molecule has 0 fully saturated rings. The molecule has 0 spiro atoms. The van der Waals surface area contributed by atoms with Crippen LogP contribution in [0.1, 0.15) is 5.69 Å². The molecule has 1 aromatic heterocycles. The van der Waals surface area contributed by atoms with Crippen molar-refractivity contribution < 1.29 is 9.66 Å². The van der Waals surface area contributed by atoms with E-state index in [9.17, 15) is 10.1 Å². The van der Waals surface area contributed by atoms with E-state index in [1.54, 1.807) is 19.1 Å². The summed E-state index contributed by atoms with van der Waals surface area (Å²) in [5, 5.41) is 11.2. The third kappa shape index (κ3) is 3.21. The first-order chi connectivity index (χ1) is 8.97. The van der Waals surface area contributed by atoms with Gasteiger partial charge in [0.15, 0.2) is 0 Å². The van der Waals surface area contributed by atoms with E-state index < -0.39 is 4.92 Å². The first-order valence-electron chi connectivity index (χ1n) is 5.22. The molecule has 98 valence electrons. The van der Waals surface area contributed by atoms with Crippen LogP contribution >= 0.6 is 27.5 Å². The van der Waals surface area contributed by atoms with E-state index in [0.29, 0.717) is 0 Å². The number of aryl methyl sites for hydroxylation is 1. The predicted octanol–water partition coefficient (Wildman–Crippen LogP) is 4.51. The Labute approximate surface area is 122 Å². The number of nitro benzene ring substituents is 1. The largest absolute Gasteiger partial charge is 0.432 e. The molecule has 0 radical (unpaired) electrons. The zero-order chi connectivity index (χ0) is 14.0. The Morgan fingerprint density at radius 2 is 2.11 bits per heavy atom. The van der Waals surface area contributed by atoms with Gasteiger partial charge in [-0.1, -0.05) is 11.6 Å². The second-order valence-electron chi connectivity index (χ2n) is 3.69. The molecular formula is C12H8BrClN2O3. The molecule has 0 N–H and O–H groups in total. The Morgan fingerprint density at radius 3 is 2.74 bits per heavy atom. The Kier molecular flexibility index (Phi) is 4.01. The topological polar surface area (TPSA) is 65.3 Å². The number of halogens is 2. The van der Waals surface area contributed by atoms with Gasteiger partial charge in [-0.15, -0.1) is 0 Å². The summed E-state index contributed by atoms with van der Waals surface area (Å²) in [6.45, 7) is 1.80. The molecule has 0 atom stereocenters. The van der Waals surface area contributed by atoms with Crippen LogP contribution in [-0.4, -0.2) is 9.91 Å². The lowest BCUT2D eigenvalue weighted by Gasteiger charge is -2.07. The van der Waals surface area contributed by atoms with Crippen LogP contribution < -0.4 is 4.74 Å². The maximum atomic E-state index is 10.9. The van der Waals surface area contributed by atoms with Gasteiger partial charge in [-0.05, 0) is 41.1 Å². The summed E-state index contributed by atoms with van der Waals surface area (Å²) in [4.78, 5) is 14.5. The number of benzene rings is 1. The zero-order valence-corrected chi connectivity index (χ0v) is 12.1. The highest BCUT2D eigenvalue weighted by molar-refractivity contribution is 9.10. The van der Waals surface area contributed by atoms with Gasteiger partial charge in [-0.25, -0.2) is 4.98 Å². The fourth-order valence-corrected chi connectivity index (χ4v) is 1.80. The number of pyridine rings is 1. The second kappa shape index (κ2) is 5.54. The van der Waals surface area contributed by atoms with Crippen molar-refractivity contribution >= 4 is 33.2 Å². The molecule has 19 heavy (non-hydrogen) atoms. The third-order valence-electron chi connectivity index (χ3n) is 2.33. The van der Waals surface area contributed by atoms with Gasteiger partial charge in [0, 0.05) is 21.6 Å². The third-order valence-corrected chi connectivity index (χ3v) is 3.40. The van der Waals surface area contributed by atoms with E-state index in [0.717, 1.165) is 10.2 Å². The van der Waals surface area contributed by atoms with Crippen LogP contribution in [0.5, 0.6) is 11.6 Å². The quantitative estimate of drug-likeness (QED) is 0.607. The summed E-state index contributed by atoms with van der Waals surface area (Å²) in [6, 6.07) is 7.59. The number of rotatable bonds is 3. The SMILES string of the molecule is Cc1nc(Oc2ccc(Cl)cc2[N+](=O)[O-])ccc1Br. The Hall–Kier alpha value is -1.66. The zero-order valence-electron chi connectivity index (χ0n) is 9.76. The highest BCUT2D eigenvalue weighted by Crippen LogP contribution is 2.33. The van der Waals surface area contributed by atoms with Crippen molar-refractivity contribution in [3.8, 4) is 11.6 Å². The fraction of sp³-hybridized carbons (Fsp3) is 0.0833. The predicted molar refractivity (Wildman–Crippen MR) is 74.9 cm³/mol. The number of aromatic nitrogens is 1. The van der Waals surface area contributed by atoms with Crippen LogP contribution in [0.15, 0.2) is 34.8 Å². The van der Waals surface area contributed by atoms with Crippen LogP contribution in [0, 0.1) is 17.0 Å². The Bertz CT molecular complexity index is 649. The van der Waals surface area contributed by atoms with Crippen LogP contribution in [0.25, 0.3) is 0 Å². The van der Waals surface area contributed by atoms with Crippen LogP contribution in [0.4, 0.5) is 5.69 Å². The summed E-state index contributed by atoms with van der Waals surface area (Å²) in [7, 11) is 0. The molecule has 0 saturated carbocycles. The molecule has 5 nitrogen and oxygen atoms in total. The molecule has 7 heteroatoms. The molecule has 0 aliphatic heterocycles. The number of hydrogen-bond acceptors (Lipinski definition) is 4. The van der Waals surface area contributed by atoms with Crippen molar-refractivity contribution in [1.29, 1.82) is 0 Å². The summed E-state index contributed by atoms with van der Waals surface area (Å²) in [5.74, 6) is 0.384. The smallest absolute Gasteiger partial charge is 0.313 e. The van der Waals surface area contributed by atoms with Gasteiger partial charge in [0.25, 0.3) is 0 Å². The van der Waals surface area contributed by atoms with Gasteiger partial charge in [-0.2, -0.15) is 0 Å². The first kappa shape index (κ1) is 13.8. The molecular weight excluding hydrogens is 335 g/mol. The molecule has 0 saturated heterocycles. The van der Waals surface area contributed by atoms with Gasteiger partial charge in [0.1, 0.15) is 0 Å². The fourth-order valence-electron chi connectivity index (χ4n) is 1.41. The van der Waals surface area contributed by atoms with E-state index in [2.05, 4.69) is 20.9 Å². The van der Waals surface area contributed by atoms with E-state index in [-0.39, 0.29) is 22.3 Å². The molecule has 0 bridgehead atoms. The number of ether oxygens (including phenoxy) is 1. The minimum atomic E-state index is -0.549. The minimum Gasteiger partial charge on any atom is -0.432 e. The van der Waals surface area contributed by atoms with Crippen molar-refractivity contribution in [2.24, 2.45) is 0 Å². The number of hydrogen-bond donors (Lipinski definition) is 0. The van der Waals surface area contributed by atoms with Crippen molar-refractivity contribution in [1.82, 2.24) is 4.98 Å². The monoisotopic (exact) mass is 342 g/mol. The van der Waals surface area contributed by atoms with Crippen LogP contribution in [0.2, 0.25) is 5.02 Å². The van der Waals surface area contributed by atoms with Gasteiger partial charge in [0.05, 0.1) is 10.6 Å². The number of nitrogens with zero attached hydrogens (tertiary/aromatic N) is 2. The number of nitro groups is 1. The summed E-state index contributed by atoms with van der Waals surface area (Å²) >= 11 is 9.05. The van der Waals surface area contributed by atoms with Gasteiger partial charge >= 0.3 is 5.69 Å². The van der Waals surface area contributed by atoms with Crippen LogP contribution in [0.3, 0.4) is 0 Å². The Balaban J connectivity index is 2.37. The first-order valence-corrected chi connectivity index (χ1v) is 6.39. The minimum absolute atomic E-state index is 0.101. The standard InChI is InChI=1S/C12H8BrClN2O3/c1-7-9(13)3-5-12(15-7)19-11-4-2-8(14)6-10(11)16(17)18/h2-6H,1H3. The normalized spacial score (nSPS) is 10.3. The van der Waals surface area contributed by atoms with Gasteiger partial charge in [-0.3, -0.25) is 10.1 Å². The molecule has 1 aromatic carbocycles. The maximum Gasteiger partial charge on any atom is 0.313 e. The van der Waals surface area contributed by atoms with Crippen molar-refractivity contribution in [3.05, 3.63) is 55.6 Å². The Morgan fingerprint density at radius 1 is 1.37 bits per heavy atom. The van der Waals surface area contributed by atoms with E-state index in [1.165, 1.54) is 18.2 Å². The summed E-state index contributed by atoms with van der Waals surface area (Å²) in [5.41, 5.74) is 0.531. The van der Waals surface area contributed by atoms with Crippen molar-refractivity contribution in [3.63, 3.8) is 0 Å². The second-order valence-corrected chi connectivity index (χ2v) is 4.98. The lowest BCUT2D eigenvalue weighted by molar-refractivity contribution is -0.385.